The van der Waals surface area contributed by atoms with E-state index in [0.717, 1.165) is 12.3 Å². The minimum Gasteiger partial charge on any atom is -0.417 e. The van der Waals surface area contributed by atoms with Crippen molar-refractivity contribution in [3.05, 3.63) is 22.8 Å². The van der Waals surface area contributed by atoms with E-state index in [2.05, 4.69) is 9.72 Å². The van der Waals surface area contributed by atoms with Crippen LogP contribution < -0.4 is 4.74 Å². The van der Waals surface area contributed by atoms with E-state index in [0.29, 0.717) is 0 Å². The highest BCUT2D eigenvalue weighted by Gasteiger charge is 2.08. The molecule has 68 valence electrons. The largest absolute Gasteiger partial charge is 0.417 e. The molecule has 0 atom stereocenters. The van der Waals surface area contributed by atoms with E-state index in [4.69, 9.17) is 16.9 Å². The first kappa shape index (κ1) is 9.68. The molecule has 6 heteroatoms. The van der Waals surface area contributed by atoms with E-state index in [1.54, 1.807) is 6.07 Å². The lowest BCUT2D eigenvalue weighted by Gasteiger charge is -2.02. The molecule has 0 saturated carbocycles. The van der Waals surface area contributed by atoms with Gasteiger partial charge >= 0.3 is 6.61 Å². The van der Waals surface area contributed by atoms with Crippen molar-refractivity contribution in [3.63, 3.8) is 0 Å². The Morgan fingerprint density at radius 2 is 2.31 bits per heavy atom. The van der Waals surface area contributed by atoms with Gasteiger partial charge in [0, 0.05) is 6.07 Å². The quantitative estimate of drug-likeness (QED) is 0.742. The molecule has 1 rings (SSSR count). The van der Waals surface area contributed by atoms with Crippen LogP contribution in [0.15, 0.2) is 12.3 Å². The third-order valence-corrected chi connectivity index (χ3v) is 1.46. The van der Waals surface area contributed by atoms with Gasteiger partial charge in [-0.15, -0.1) is 0 Å². The van der Waals surface area contributed by atoms with Gasteiger partial charge in [0.15, 0.2) is 0 Å². The van der Waals surface area contributed by atoms with Crippen molar-refractivity contribution in [2.75, 3.05) is 0 Å². The maximum Gasteiger partial charge on any atom is 0.388 e. The molecule has 1 heterocycles. The molecule has 0 aliphatic heterocycles. The van der Waals surface area contributed by atoms with E-state index in [-0.39, 0.29) is 16.5 Å². The zero-order chi connectivity index (χ0) is 9.84. The molecule has 0 bridgehead atoms. The van der Waals surface area contributed by atoms with Crippen molar-refractivity contribution in [1.29, 1.82) is 5.26 Å². The number of ether oxygens (including phenoxy) is 1. The summed E-state index contributed by atoms with van der Waals surface area (Å²) in [4.78, 5) is 3.44. The van der Waals surface area contributed by atoms with Gasteiger partial charge in [-0.1, -0.05) is 11.6 Å². The van der Waals surface area contributed by atoms with Gasteiger partial charge in [0.25, 0.3) is 0 Å². The zero-order valence-corrected chi connectivity index (χ0v) is 6.92. The van der Waals surface area contributed by atoms with Gasteiger partial charge < -0.3 is 4.74 Å². The van der Waals surface area contributed by atoms with Crippen molar-refractivity contribution in [3.8, 4) is 11.9 Å². The molecule has 1 aromatic heterocycles. The molecule has 3 nitrogen and oxygen atoms in total. The average molecular weight is 205 g/mol. The number of pyridine rings is 1. The molecule has 0 unspecified atom stereocenters. The first-order valence-electron chi connectivity index (χ1n) is 3.14. The fourth-order valence-corrected chi connectivity index (χ4v) is 0.807. The van der Waals surface area contributed by atoms with E-state index in [1.165, 1.54) is 0 Å². The molecule has 0 N–H and O–H groups in total. The van der Waals surface area contributed by atoms with Gasteiger partial charge in [0.1, 0.15) is 6.07 Å². The summed E-state index contributed by atoms with van der Waals surface area (Å²) in [6.07, 6.45) is 1.08. The number of halogens is 3. The van der Waals surface area contributed by atoms with E-state index in [1.807, 2.05) is 0 Å². The number of nitrogens with zero attached hydrogens (tertiary/aromatic N) is 2. The Kier molecular flexibility index (Phi) is 2.98. The Hall–Kier alpha value is -1.41. The lowest BCUT2D eigenvalue weighted by Crippen LogP contribution is -2.03. The molecule has 0 aromatic carbocycles. The monoisotopic (exact) mass is 204 g/mol. The Labute approximate surface area is 77.5 Å². The molecule has 0 amide bonds. The van der Waals surface area contributed by atoms with Crippen molar-refractivity contribution < 1.29 is 13.5 Å². The second kappa shape index (κ2) is 4.01. The first-order chi connectivity index (χ1) is 6.13. The zero-order valence-electron chi connectivity index (χ0n) is 6.17. The topological polar surface area (TPSA) is 45.9 Å². The molecule has 1 aromatic rings. The molecule has 0 spiro atoms. The summed E-state index contributed by atoms with van der Waals surface area (Å²) in [5.74, 6) is -0.323. The highest BCUT2D eigenvalue weighted by atomic mass is 35.5. The van der Waals surface area contributed by atoms with Crippen LogP contribution in [-0.4, -0.2) is 11.6 Å². The normalized spacial score (nSPS) is 9.77. The summed E-state index contributed by atoms with van der Waals surface area (Å²) >= 11 is 5.50. The lowest BCUT2D eigenvalue weighted by molar-refractivity contribution is -0.0528. The van der Waals surface area contributed by atoms with Crippen LogP contribution in [0.3, 0.4) is 0 Å². The number of aromatic nitrogens is 1. The number of nitriles is 1. The van der Waals surface area contributed by atoms with E-state index < -0.39 is 6.61 Å². The first-order valence-corrected chi connectivity index (χ1v) is 3.51. The molecule has 0 saturated heterocycles. The molecule has 0 fully saturated rings. The van der Waals surface area contributed by atoms with Crippen molar-refractivity contribution >= 4 is 11.6 Å². The maximum absolute atomic E-state index is 11.7. The number of hydrogen-bond donors (Lipinski definition) is 0. The SMILES string of the molecule is N#Cc1cc(OC(F)F)ncc1Cl. The number of hydrogen-bond acceptors (Lipinski definition) is 3. The summed E-state index contributed by atoms with van der Waals surface area (Å²) in [6, 6.07) is 2.76. The van der Waals surface area contributed by atoms with Crippen LogP contribution in [0.4, 0.5) is 8.78 Å². The van der Waals surface area contributed by atoms with Gasteiger partial charge in [-0.05, 0) is 0 Å². The molecule has 0 radical (unpaired) electrons. The smallest absolute Gasteiger partial charge is 0.388 e. The summed E-state index contributed by atoms with van der Waals surface area (Å²) in [5, 5.41) is 8.57. The Morgan fingerprint density at radius 3 is 2.85 bits per heavy atom. The van der Waals surface area contributed by atoms with Gasteiger partial charge in [0.2, 0.25) is 5.88 Å². The van der Waals surface area contributed by atoms with Gasteiger partial charge in [-0.2, -0.15) is 14.0 Å². The number of rotatable bonds is 2. The second-order valence-electron chi connectivity index (χ2n) is 1.99. The lowest BCUT2D eigenvalue weighted by atomic mass is 10.3. The summed E-state index contributed by atoms with van der Waals surface area (Å²) in [6.45, 7) is -2.96. The minimum absolute atomic E-state index is 0.0484. The Balaban J connectivity index is 2.95. The van der Waals surface area contributed by atoms with Gasteiger partial charge in [-0.3, -0.25) is 0 Å². The molecule has 13 heavy (non-hydrogen) atoms. The highest BCUT2D eigenvalue weighted by Crippen LogP contribution is 2.19. The minimum atomic E-state index is -2.96. The second-order valence-corrected chi connectivity index (χ2v) is 2.40. The molecule has 0 aliphatic rings. The molecule has 0 aliphatic carbocycles. The van der Waals surface area contributed by atoms with Crippen molar-refractivity contribution in [2.24, 2.45) is 0 Å². The van der Waals surface area contributed by atoms with Crippen LogP contribution in [0.2, 0.25) is 5.02 Å². The van der Waals surface area contributed by atoms with Gasteiger partial charge in [-0.25, -0.2) is 4.98 Å². The van der Waals surface area contributed by atoms with Crippen molar-refractivity contribution in [1.82, 2.24) is 4.98 Å². The van der Waals surface area contributed by atoms with Crippen LogP contribution in [0.1, 0.15) is 5.56 Å². The Bertz CT molecular complexity index is 351. The fourth-order valence-electron chi connectivity index (χ4n) is 0.661. The third-order valence-electron chi connectivity index (χ3n) is 1.16. The molecular formula is C7H3ClF2N2O. The van der Waals surface area contributed by atoms with Crippen molar-refractivity contribution in [2.45, 2.75) is 6.61 Å². The van der Waals surface area contributed by atoms with Crippen LogP contribution in [0, 0.1) is 11.3 Å². The Morgan fingerprint density at radius 1 is 1.62 bits per heavy atom. The summed E-state index contributed by atoms with van der Waals surface area (Å²) < 4.78 is 27.3. The third kappa shape index (κ3) is 2.53. The van der Waals surface area contributed by atoms with Crippen LogP contribution in [-0.2, 0) is 0 Å². The predicted molar refractivity (Wildman–Crippen MR) is 40.6 cm³/mol. The van der Waals surface area contributed by atoms with E-state index >= 15 is 0 Å². The fraction of sp³-hybridized carbons (Fsp3) is 0.143. The highest BCUT2D eigenvalue weighted by molar-refractivity contribution is 6.31. The molecular weight excluding hydrogens is 202 g/mol. The predicted octanol–water partition coefficient (Wildman–Crippen LogP) is 2.21. The van der Waals surface area contributed by atoms with Gasteiger partial charge in [0.05, 0.1) is 16.8 Å². The van der Waals surface area contributed by atoms with E-state index in [9.17, 15) is 8.78 Å². The van der Waals surface area contributed by atoms with Crippen LogP contribution >= 0.6 is 11.6 Å². The standard InChI is InChI=1S/C7H3ClF2N2O/c8-5-3-12-6(13-7(9)10)1-4(5)2-11/h1,3,7H. The maximum atomic E-state index is 11.7. The average Bonchev–Trinajstić information content (AvgIpc) is 2.07. The van der Waals surface area contributed by atoms with Crippen LogP contribution in [0.5, 0.6) is 5.88 Å². The summed E-state index contributed by atoms with van der Waals surface area (Å²) in [5.41, 5.74) is 0.0484. The number of alkyl halides is 2. The van der Waals surface area contributed by atoms with Crippen LogP contribution in [0.25, 0.3) is 0 Å². The summed E-state index contributed by atoms with van der Waals surface area (Å²) in [7, 11) is 0.